The minimum absolute atomic E-state index is 0.0797. The Labute approximate surface area is 102 Å². The molecule has 3 N–H and O–H groups in total. The van der Waals surface area contributed by atoms with E-state index in [1.165, 1.54) is 5.56 Å². The number of hydrogen-bond donors (Lipinski definition) is 2. The average Bonchev–Trinajstić information content (AvgIpc) is 2.50. The van der Waals surface area contributed by atoms with E-state index in [-0.39, 0.29) is 5.91 Å². The number of nitrogens with two attached hydrogens (primary N) is 1. The number of amides is 1. The standard InChI is InChI=1S/C14H20N2O/c1-9(6-7-15)10-4-5-12-11(8-10)14(2,3)13(17)16-12/h4-5,8-9H,6-7,15H2,1-3H3,(H,16,17). The van der Waals surface area contributed by atoms with Crippen molar-refractivity contribution in [3.05, 3.63) is 29.3 Å². The minimum atomic E-state index is -0.423. The Morgan fingerprint density at radius 2 is 2.12 bits per heavy atom. The highest BCUT2D eigenvalue weighted by molar-refractivity contribution is 6.05. The lowest BCUT2D eigenvalue weighted by Gasteiger charge is -2.17. The topological polar surface area (TPSA) is 55.1 Å². The molecule has 17 heavy (non-hydrogen) atoms. The first-order valence-electron chi connectivity index (χ1n) is 6.12. The summed E-state index contributed by atoms with van der Waals surface area (Å²) < 4.78 is 0. The highest BCUT2D eigenvalue weighted by Crippen LogP contribution is 2.38. The third kappa shape index (κ3) is 1.95. The zero-order chi connectivity index (χ0) is 12.6. The van der Waals surface area contributed by atoms with E-state index in [1.807, 2.05) is 19.9 Å². The normalized spacial score (nSPS) is 18.7. The molecule has 0 spiro atoms. The molecular formula is C14H20N2O. The van der Waals surface area contributed by atoms with E-state index in [9.17, 15) is 4.79 Å². The Morgan fingerprint density at radius 3 is 2.76 bits per heavy atom. The molecule has 0 aliphatic carbocycles. The predicted octanol–water partition coefficient (Wildman–Crippen LogP) is 2.37. The van der Waals surface area contributed by atoms with Crippen molar-refractivity contribution in [3.8, 4) is 0 Å². The summed E-state index contributed by atoms with van der Waals surface area (Å²) in [7, 11) is 0. The number of benzene rings is 1. The fourth-order valence-corrected chi connectivity index (χ4v) is 2.31. The van der Waals surface area contributed by atoms with Gasteiger partial charge in [-0.3, -0.25) is 4.79 Å². The molecule has 1 aliphatic heterocycles. The number of carbonyl (C=O) groups excluding carboxylic acids is 1. The fourth-order valence-electron chi connectivity index (χ4n) is 2.31. The number of anilines is 1. The maximum atomic E-state index is 11.8. The van der Waals surface area contributed by atoms with Crippen LogP contribution in [0.25, 0.3) is 0 Å². The molecule has 0 bridgehead atoms. The molecule has 1 heterocycles. The van der Waals surface area contributed by atoms with Crippen LogP contribution in [0, 0.1) is 0 Å². The highest BCUT2D eigenvalue weighted by atomic mass is 16.2. The summed E-state index contributed by atoms with van der Waals surface area (Å²) in [6, 6.07) is 6.23. The molecule has 0 saturated heterocycles. The van der Waals surface area contributed by atoms with Crippen molar-refractivity contribution in [2.45, 2.75) is 38.5 Å². The molecule has 3 heteroatoms. The molecule has 1 aromatic carbocycles. The molecule has 1 aliphatic rings. The molecule has 1 atom stereocenters. The van der Waals surface area contributed by atoms with Gasteiger partial charge in [0.1, 0.15) is 0 Å². The Balaban J connectivity index is 2.39. The van der Waals surface area contributed by atoms with Crippen molar-refractivity contribution < 1.29 is 4.79 Å². The van der Waals surface area contributed by atoms with E-state index in [4.69, 9.17) is 5.73 Å². The third-order valence-corrected chi connectivity index (χ3v) is 3.70. The van der Waals surface area contributed by atoms with Gasteiger partial charge in [-0.05, 0) is 49.9 Å². The van der Waals surface area contributed by atoms with Gasteiger partial charge in [-0.15, -0.1) is 0 Å². The maximum Gasteiger partial charge on any atom is 0.234 e. The molecule has 1 amide bonds. The summed E-state index contributed by atoms with van der Waals surface area (Å²) in [6.07, 6.45) is 0.973. The molecule has 0 saturated carbocycles. The van der Waals surface area contributed by atoms with Gasteiger partial charge in [-0.2, -0.15) is 0 Å². The van der Waals surface area contributed by atoms with Gasteiger partial charge in [0.2, 0.25) is 5.91 Å². The van der Waals surface area contributed by atoms with E-state index in [0.717, 1.165) is 17.7 Å². The summed E-state index contributed by atoms with van der Waals surface area (Å²) in [5, 5.41) is 2.92. The number of nitrogens with one attached hydrogen (secondary N) is 1. The Bertz CT molecular complexity index is 452. The zero-order valence-electron chi connectivity index (χ0n) is 10.7. The maximum absolute atomic E-state index is 11.8. The van der Waals surface area contributed by atoms with Crippen molar-refractivity contribution in [1.29, 1.82) is 0 Å². The predicted molar refractivity (Wildman–Crippen MR) is 70.2 cm³/mol. The van der Waals surface area contributed by atoms with Crippen molar-refractivity contribution >= 4 is 11.6 Å². The summed E-state index contributed by atoms with van der Waals surface area (Å²) >= 11 is 0. The Kier molecular flexibility index (Phi) is 2.96. The van der Waals surface area contributed by atoms with Crippen LogP contribution in [-0.4, -0.2) is 12.5 Å². The average molecular weight is 232 g/mol. The SMILES string of the molecule is CC(CCN)c1ccc2c(c1)C(C)(C)C(=O)N2. The van der Waals surface area contributed by atoms with Crippen LogP contribution in [0.15, 0.2) is 18.2 Å². The second-order valence-corrected chi connectivity index (χ2v) is 5.36. The monoisotopic (exact) mass is 232 g/mol. The lowest BCUT2D eigenvalue weighted by atomic mass is 9.84. The molecule has 1 aromatic rings. The summed E-state index contributed by atoms with van der Waals surface area (Å²) in [4.78, 5) is 11.8. The first-order valence-corrected chi connectivity index (χ1v) is 6.12. The van der Waals surface area contributed by atoms with Crippen molar-refractivity contribution in [2.75, 3.05) is 11.9 Å². The molecule has 0 fully saturated rings. The van der Waals surface area contributed by atoms with E-state index in [2.05, 4.69) is 24.4 Å². The van der Waals surface area contributed by atoms with Crippen LogP contribution in [-0.2, 0) is 10.2 Å². The van der Waals surface area contributed by atoms with Gasteiger partial charge in [-0.25, -0.2) is 0 Å². The van der Waals surface area contributed by atoms with Crippen molar-refractivity contribution in [1.82, 2.24) is 0 Å². The molecule has 2 rings (SSSR count). The number of hydrogen-bond acceptors (Lipinski definition) is 2. The van der Waals surface area contributed by atoms with E-state index >= 15 is 0 Å². The summed E-state index contributed by atoms with van der Waals surface area (Å²) in [5.74, 6) is 0.521. The van der Waals surface area contributed by atoms with Crippen LogP contribution >= 0.6 is 0 Å². The molecular weight excluding hydrogens is 212 g/mol. The number of fused-ring (bicyclic) bond motifs is 1. The molecule has 0 aromatic heterocycles. The van der Waals surface area contributed by atoms with Crippen LogP contribution in [0.1, 0.15) is 44.2 Å². The van der Waals surface area contributed by atoms with Gasteiger partial charge in [0.15, 0.2) is 0 Å². The zero-order valence-corrected chi connectivity index (χ0v) is 10.7. The Morgan fingerprint density at radius 1 is 1.41 bits per heavy atom. The van der Waals surface area contributed by atoms with Crippen molar-refractivity contribution in [2.24, 2.45) is 5.73 Å². The lowest BCUT2D eigenvalue weighted by molar-refractivity contribution is -0.119. The number of carbonyl (C=O) groups is 1. The summed E-state index contributed by atoms with van der Waals surface area (Å²) in [6.45, 7) is 6.79. The van der Waals surface area contributed by atoms with Gasteiger partial charge < -0.3 is 11.1 Å². The van der Waals surface area contributed by atoms with E-state index in [0.29, 0.717) is 12.5 Å². The number of rotatable bonds is 3. The van der Waals surface area contributed by atoms with Crippen LogP contribution < -0.4 is 11.1 Å². The van der Waals surface area contributed by atoms with Crippen molar-refractivity contribution in [3.63, 3.8) is 0 Å². The lowest BCUT2D eigenvalue weighted by Crippen LogP contribution is -2.26. The van der Waals surface area contributed by atoms with E-state index in [1.54, 1.807) is 0 Å². The minimum Gasteiger partial charge on any atom is -0.330 e. The second kappa shape index (κ2) is 4.15. The highest BCUT2D eigenvalue weighted by Gasteiger charge is 2.38. The second-order valence-electron chi connectivity index (χ2n) is 5.36. The van der Waals surface area contributed by atoms with Crippen LogP contribution in [0.2, 0.25) is 0 Å². The molecule has 0 radical (unpaired) electrons. The quantitative estimate of drug-likeness (QED) is 0.840. The van der Waals surface area contributed by atoms with Gasteiger partial charge in [0.05, 0.1) is 5.41 Å². The molecule has 3 nitrogen and oxygen atoms in total. The van der Waals surface area contributed by atoms with E-state index < -0.39 is 5.41 Å². The van der Waals surface area contributed by atoms with Gasteiger partial charge in [0.25, 0.3) is 0 Å². The van der Waals surface area contributed by atoms with Crippen LogP contribution in [0.5, 0.6) is 0 Å². The van der Waals surface area contributed by atoms with Gasteiger partial charge in [-0.1, -0.05) is 19.1 Å². The molecule has 1 unspecified atom stereocenters. The fraction of sp³-hybridized carbons (Fsp3) is 0.500. The largest absolute Gasteiger partial charge is 0.330 e. The van der Waals surface area contributed by atoms with Crippen LogP contribution in [0.3, 0.4) is 0 Å². The summed E-state index contributed by atoms with van der Waals surface area (Å²) in [5.41, 5.74) is 8.48. The third-order valence-electron chi connectivity index (χ3n) is 3.70. The molecule has 92 valence electrons. The van der Waals surface area contributed by atoms with Crippen LogP contribution in [0.4, 0.5) is 5.69 Å². The van der Waals surface area contributed by atoms with Gasteiger partial charge in [0, 0.05) is 5.69 Å². The Hall–Kier alpha value is -1.35. The van der Waals surface area contributed by atoms with Gasteiger partial charge >= 0.3 is 0 Å². The first-order chi connectivity index (χ1) is 7.96. The first kappa shape index (κ1) is 12.1. The smallest absolute Gasteiger partial charge is 0.234 e.